The molecule has 0 saturated carbocycles. The second-order valence-corrected chi connectivity index (χ2v) is 6.64. The minimum absolute atomic E-state index is 0.235. The second kappa shape index (κ2) is 6.37. The second-order valence-electron chi connectivity index (χ2n) is 4.55. The van der Waals surface area contributed by atoms with Crippen LogP contribution in [0.25, 0.3) is 0 Å². The third kappa shape index (κ3) is 4.13. The van der Waals surface area contributed by atoms with Gasteiger partial charge in [0, 0.05) is 12.1 Å². The van der Waals surface area contributed by atoms with Gasteiger partial charge in [-0.1, -0.05) is 25.4 Å². The number of nitro groups is 1. The predicted molar refractivity (Wildman–Crippen MR) is 74.7 cm³/mol. The molecule has 21 heavy (non-hydrogen) atoms. The highest BCUT2D eigenvalue weighted by Gasteiger charge is 2.30. The zero-order valence-electron chi connectivity index (χ0n) is 11.1. The predicted octanol–water partition coefficient (Wildman–Crippen LogP) is 1.64. The van der Waals surface area contributed by atoms with Crippen molar-refractivity contribution < 1.29 is 23.2 Å². The van der Waals surface area contributed by atoms with Gasteiger partial charge in [-0.3, -0.25) is 14.9 Å². The maximum atomic E-state index is 12.2. The van der Waals surface area contributed by atoms with Crippen LogP contribution in [0.1, 0.15) is 13.8 Å². The molecule has 1 aromatic carbocycles. The minimum Gasteiger partial charge on any atom is -0.480 e. The van der Waals surface area contributed by atoms with Crippen LogP contribution in [0, 0.1) is 16.0 Å². The van der Waals surface area contributed by atoms with E-state index in [1.165, 1.54) is 13.8 Å². The zero-order chi connectivity index (χ0) is 16.4. The van der Waals surface area contributed by atoms with Gasteiger partial charge in [0.05, 0.1) is 9.95 Å². The van der Waals surface area contributed by atoms with Crippen molar-refractivity contribution in [2.24, 2.45) is 5.92 Å². The van der Waals surface area contributed by atoms with E-state index in [-0.39, 0.29) is 5.02 Å². The molecule has 0 spiro atoms. The number of carboxylic acids is 1. The summed E-state index contributed by atoms with van der Waals surface area (Å²) in [6.45, 7) is 3.05. The number of nitro benzene ring substituents is 1. The van der Waals surface area contributed by atoms with Gasteiger partial charge in [-0.05, 0) is 12.0 Å². The summed E-state index contributed by atoms with van der Waals surface area (Å²) in [5, 5.41) is 19.4. The van der Waals surface area contributed by atoms with E-state index in [9.17, 15) is 23.3 Å². The van der Waals surface area contributed by atoms with E-state index in [0.717, 1.165) is 18.2 Å². The molecule has 0 aliphatic heterocycles. The van der Waals surface area contributed by atoms with Gasteiger partial charge in [-0.2, -0.15) is 4.72 Å². The number of halogens is 1. The molecule has 0 aliphatic carbocycles. The Morgan fingerprint density at radius 2 is 2.00 bits per heavy atom. The largest absolute Gasteiger partial charge is 0.480 e. The van der Waals surface area contributed by atoms with Crippen LogP contribution in [0.2, 0.25) is 5.02 Å². The molecule has 1 atom stereocenters. The van der Waals surface area contributed by atoms with E-state index in [2.05, 4.69) is 0 Å². The van der Waals surface area contributed by atoms with E-state index in [1.807, 2.05) is 4.72 Å². The number of nitrogens with one attached hydrogen (secondary N) is 1. The molecule has 1 aromatic rings. The number of carboxylic acid groups (broad SMARTS) is 1. The standard InChI is InChI=1S/C11H13ClN2O6S/c1-6(2)10(11(15)16)13-21(19,20)9-5-7(14(17)18)3-4-8(9)12/h3-6,10,13H,1-2H3,(H,15,16)/t10-/m0/s1. The van der Waals surface area contributed by atoms with Crippen LogP contribution in [0.3, 0.4) is 0 Å². The quantitative estimate of drug-likeness (QED) is 0.600. The Morgan fingerprint density at radius 1 is 1.43 bits per heavy atom. The molecule has 0 aromatic heterocycles. The van der Waals surface area contributed by atoms with Crippen molar-refractivity contribution in [2.75, 3.05) is 0 Å². The number of benzene rings is 1. The van der Waals surface area contributed by atoms with E-state index in [0.29, 0.717) is 0 Å². The van der Waals surface area contributed by atoms with E-state index in [4.69, 9.17) is 16.7 Å². The Morgan fingerprint density at radius 3 is 2.43 bits per heavy atom. The van der Waals surface area contributed by atoms with Crippen LogP contribution in [0.5, 0.6) is 0 Å². The molecule has 8 nitrogen and oxygen atoms in total. The lowest BCUT2D eigenvalue weighted by atomic mass is 10.1. The zero-order valence-corrected chi connectivity index (χ0v) is 12.7. The van der Waals surface area contributed by atoms with Crippen molar-refractivity contribution in [2.45, 2.75) is 24.8 Å². The van der Waals surface area contributed by atoms with E-state index >= 15 is 0 Å². The van der Waals surface area contributed by atoms with Crippen molar-refractivity contribution in [3.05, 3.63) is 33.3 Å². The number of carbonyl (C=O) groups is 1. The molecular formula is C11H13ClN2O6S. The molecule has 116 valence electrons. The molecule has 0 unspecified atom stereocenters. The average Bonchev–Trinajstić information content (AvgIpc) is 2.35. The van der Waals surface area contributed by atoms with Crippen LogP contribution in [-0.2, 0) is 14.8 Å². The number of nitrogens with zero attached hydrogens (tertiary/aromatic N) is 1. The fourth-order valence-corrected chi connectivity index (χ4v) is 3.37. The number of non-ortho nitro benzene ring substituents is 1. The third-order valence-electron chi connectivity index (χ3n) is 2.63. The number of hydrogen-bond acceptors (Lipinski definition) is 5. The Kier molecular flexibility index (Phi) is 5.26. The van der Waals surface area contributed by atoms with Crippen LogP contribution in [0.4, 0.5) is 5.69 Å². The van der Waals surface area contributed by atoms with Gasteiger partial charge in [-0.15, -0.1) is 0 Å². The highest BCUT2D eigenvalue weighted by atomic mass is 35.5. The monoisotopic (exact) mass is 336 g/mol. The van der Waals surface area contributed by atoms with E-state index in [1.54, 1.807) is 0 Å². The SMILES string of the molecule is CC(C)[C@H](NS(=O)(=O)c1cc([N+](=O)[O-])ccc1Cl)C(=O)O. The third-order valence-corrected chi connectivity index (χ3v) is 4.55. The fourth-order valence-electron chi connectivity index (χ4n) is 1.51. The summed E-state index contributed by atoms with van der Waals surface area (Å²) < 4.78 is 26.3. The first-order valence-corrected chi connectivity index (χ1v) is 7.61. The van der Waals surface area contributed by atoms with Crippen LogP contribution >= 0.6 is 11.6 Å². The minimum atomic E-state index is -4.30. The topological polar surface area (TPSA) is 127 Å². The van der Waals surface area contributed by atoms with Crippen LogP contribution < -0.4 is 4.72 Å². The smallest absolute Gasteiger partial charge is 0.322 e. The van der Waals surface area contributed by atoms with Crippen LogP contribution in [-0.4, -0.2) is 30.5 Å². The Labute approximate surface area is 125 Å². The lowest BCUT2D eigenvalue weighted by Gasteiger charge is -2.18. The van der Waals surface area contributed by atoms with Gasteiger partial charge in [0.1, 0.15) is 10.9 Å². The molecule has 10 heteroatoms. The molecule has 0 radical (unpaired) electrons. The summed E-state index contributed by atoms with van der Waals surface area (Å²) in [4.78, 5) is 20.4. The average molecular weight is 337 g/mol. The molecule has 2 N–H and O–H groups in total. The summed E-state index contributed by atoms with van der Waals surface area (Å²) in [6.07, 6.45) is 0. The maximum Gasteiger partial charge on any atom is 0.322 e. The highest BCUT2D eigenvalue weighted by molar-refractivity contribution is 7.89. The maximum absolute atomic E-state index is 12.2. The normalized spacial score (nSPS) is 13.1. The first-order valence-electron chi connectivity index (χ1n) is 5.75. The number of rotatable bonds is 6. The molecule has 0 amide bonds. The van der Waals surface area contributed by atoms with Gasteiger partial charge < -0.3 is 5.11 Å². The summed E-state index contributed by atoms with van der Waals surface area (Å²) in [5.74, 6) is -1.87. The number of aliphatic carboxylic acids is 1. The molecule has 0 bridgehead atoms. The van der Waals surface area contributed by atoms with Crippen molar-refractivity contribution in [3.8, 4) is 0 Å². The van der Waals surface area contributed by atoms with Gasteiger partial charge in [0.25, 0.3) is 5.69 Å². The van der Waals surface area contributed by atoms with Gasteiger partial charge in [0.2, 0.25) is 10.0 Å². The van der Waals surface area contributed by atoms with Crippen molar-refractivity contribution in [1.82, 2.24) is 4.72 Å². The first kappa shape index (κ1) is 17.3. The molecule has 1 rings (SSSR count). The lowest BCUT2D eigenvalue weighted by molar-refractivity contribution is -0.385. The number of hydrogen-bond donors (Lipinski definition) is 2. The fraction of sp³-hybridized carbons (Fsp3) is 0.364. The molecule has 0 heterocycles. The lowest BCUT2D eigenvalue weighted by Crippen LogP contribution is -2.44. The van der Waals surface area contributed by atoms with Gasteiger partial charge >= 0.3 is 5.97 Å². The van der Waals surface area contributed by atoms with Crippen molar-refractivity contribution >= 4 is 33.3 Å². The highest BCUT2D eigenvalue weighted by Crippen LogP contribution is 2.26. The van der Waals surface area contributed by atoms with Crippen molar-refractivity contribution in [3.63, 3.8) is 0 Å². The summed E-state index contributed by atoms with van der Waals surface area (Å²) in [7, 11) is -4.30. The summed E-state index contributed by atoms with van der Waals surface area (Å²) in [6, 6.07) is 1.53. The van der Waals surface area contributed by atoms with Crippen LogP contribution in [0.15, 0.2) is 23.1 Å². The molecular weight excluding hydrogens is 324 g/mol. The molecule has 0 saturated heterocycles. The molecule has 0 fully saturated rings. The number of sulfonamides is 1. The Hall–Kier alpha value is -1.71. The summed E-state index contributed by atoms with van der Waals surface area (Å²) >= 11 is 5.74. The Balaban J connectivity index is 3.27. The van der Waals surface area contributed by atoms with Gasteiger partial charge in [0.15, 0.2) is 0 Å². The van der Waals surface area contributed by atoms with Gasteiger partial charge in [-0.25, -0.2) is 8.42 Å². The first-order chi connectivity index (χ1) is 9.56. The Bertz CT molecular complexity index is 673. The summed E-state index contributed by atoms with van der Waals surface area (Å²) in [5.41, 5.74) is -0.462. The van der Waals surface area contributed by atoms with Crippen molar-refractivity contribution in [1.29, 1.82) is 0 Å². The van der Waals surface area contributed by atoms with E-state index < -0.39 is 43.5 Å². The molecule has 0 aliphatic rings.